The third kappa shape index (κ3) is 3.64. The van der Waals surface area contributed by atoms with Crippen molar-refractivity contribution in [3.63, 3.8) is 0 Å². The molecule has 0 bridgehead atoms. The first-order valence-corrected chi connectivity index (χ1v) is 7.72. The second-order valence-electron chi connectivity index (χ2n) is 5.55. The highest BCUT2D eigenvalue weighted by Crippen LogP contribution is 2.24. The average molecular weight is 289 g/mol. The Kier molecular flexibility index (Phi) is 4.91. The van der Waals surface area contributed by atoms with Crippen LogP contribution in [0.25, 0.3) is 11.0 Å². The van der Waals surface area contributed by atoms with Gasteiger partial charge in [0.1, 0.15) is 11.3 Å². The molecule has 1 N–H and O–H groups in total. The van der Waals surface area contributed by atoms with Crippen LogP contribution in [0.3, 0.4) is 0 Å². The number of para-hydroxylation sites is 1. The molecule has 0 amide bonds. The molecule has 1 aliphatic rings. The monoisotopic (exact) mass is 289 g/mol. The quantitative estimate of drug-likeness (QED) is 0.886. The summed E-state index contributed by atoms with van der Waals surface area (Å²) in [6.45, 7) is 2.13. The van der Waals surface area contributed by atoms with Crippen LogP contribution < -0.4 is 5.32 Å². The van der Waals surface area contributed by atoms with Gasteiger partial charge in [-0.3, -0.25) is 0 Å². The molecule has 0 spiro atoms. The standard InChI is InChI=1S/C17H23NO3/c1-18-15(12-19-11-14-7-4-5-9-20-14)17-10-13-6-2-3-8-16(13)21-17/h2-3,6,8,10,14-15,18H,4-5,7,9,11-12H2,1H3. The third-order valence-electron chi connectivity index (χ3n) is 4.00. The minimum absolute atomic E-state index is 0.0704. The van der Waals surface area contributed by atoms with Crippen molar-refractivity contribution in [2.45, 2.75) is 31.4 Å². The Hall–Kier alpha value is -1.36. The SMILES string of the molecule is CNC(COCC1CCCCO1)c1cc2ccccc2o1. The molecule has 114 valence electrons. The molecular weight excluding hydrogens is 266 g/mol. The normalized spacial score (nSPS) is 20.7. The van der Waals surface area contributed by atoms with Crippen LogP contribution in [0, 0.1) is 0 Å². The number of furan rings is 1. The van der Waals surface area contributed by atoms with Crippen LogP contribution in [0.1, 0.15) is 31.1 Å². The molecule has 1 saturated heterocycles. The highest BCUT2D eigenvalue weighted by molar-refractivity contribution is 5.77. The van der Waals surface area contributed by atoms with Crippen LogP contribution in [0.15, 0.2) is 34.7 Å². The maximum absolute atomic E-state index is 5.89. The summed E-state index contributed by atoms with van der Waals surface area (Å²) in [7, 11) is 1.93. The number of ether oxygens (including phenoxy) is 2. The highest BCUT2D eigenvalue weighted by Gasteiger charge is 2.17. The van der Waals surface area contributed by atoms with Gasteiger partial charge in [-0.05, 0) is 38.4 Å². The van der Waals surface area contributed by atoms with Gasteiger partial charge in [-0.25, -0.2) is 0 Å². The molecule has 2 aromatic rings. The smallest absolute Gasteiger partial charge is 0.134 e. The van der Waals surface area contributed by atoms with Gasteiger partial charge < -0.3 is 19.2 Å². The van der Waals surface area contributed by atoms with Crippen LogP contribution in [0.4, 0.5) is 0 Å². The number of likely N-dealkylation sites (N-methyl/N-ethyl adjacent to an activating group) is 1. The Bertz CT molecular complexity index is 527. The highest BCUT2D eigenvalue weighted by atomic mass is 16.5. The van der Waals surface area contributed by atoms with Gasteiger partial charge in [-0.15, -0.1) is 0 Å². The zero-order chi connectivity index (χ0) is 14.5. The van der Waals surface area contributed by atoms with E-state index >= 15 is 0 Å². The van der Waals surface area contributed by atoms with Crippen molar-refractivity contribution in [2.75, 3.05) is 26.9 Å². The Morgan fingerprint density at radius 2 is 2.24 bits per heavy atom. The zero-order valence-electron chi connectivity index (χ0n) is 12.5. The van der Waals surface area contributed by atoms with Crippen LogP contribution in [0.5, 0.6) is 0 Å². The van der Waals surface area contributed by atoms with Gasteiger partial charge in [0.05, 0.1) is 25.4 Å². The number of hydrogen-bond donors (Lipinski definition) is 1. The van der Waals surface area contributed by atoms with Crippen molar-refractivity contribution in [2.24, 2.45) is 0 Å². The summed E-state index contributed by atoms with van der Waals surface area (Å²) in [5.41, 5.74) is 0.920. The van der Waals surface area contributed by atoms with Crippen molar-refractivity contribution >= 4 is 11.0 Å². The van der Waals surface area contributed by atoms with Crippen molar-refractivity contribution in [3.05, 3.63) is 36.1 Å². The molecule has 1 aromatic heterocycles. The lowest BCUT2D eigenvalue weighted by Gasteiger charge is -2.23. The molecule has 1 aliphatic heterocycles. The van der Waals surface area contributed by atoms with Crippen LogP contribution >= 0.6 is 0 Å². The topological polar surface area (TPSA) is 43.6 Å². The molecular formula is C17H23NO3. The number of rotatable bonds is 6. The van der Waals surface area contributed by atoms with E-state index in [9.17, 15) is 0 Å². The first kappa shape index (κ1) is 14.6. The van der Waals surface area contributed by atoms with Gasteiger partial charge in [0, 0.05) is 12.0 Å². The third-order valence-corrected chi connectivity index (χ3v) is 4.00. The minimum atomic E-state index is 0.0704. The molecule has 1 fully saturated rings. The number of nitrogens with one attached hydrogen (secondary N) is 1. The molecule has 0 aliphatic carbocycles. The predicted molar refractivity (Wildman–Crippen MR) is 82.4 cm³/mol. The molecule has 4 nitrogen and oxygen atoms in total. The van der Waals surface area contributed by atoms with Gasteiger partial charge in [0.2, 0.25) is 0 Å². The molecule has 3 rings (SSSR count). The summed E-state index contributed by atoms with van der Waals surface area (Å²) in [6, 6.07) is 10.2. The molecule has 1 aromatic carbocycles. The Labute approximate surface area is 125 Å². The molecule has 21 heavy (non-hydrogen) atoms. The van der Waals surface area contributed by atoms with Crippen molar-refractivity contribution in [1.82, 2.24) is 5.32 Å². The lowest BCUT2D eigenvalue weighted by atomic mass is 10.1. The lowest BCUT2D eigenvalue weighted by Crippen LogP contribution is -2.27. The largest absolute Gasteiger partial charge is 0.459 e. The summed E-state index contributed by atoms with van der Waals surface area (Å²) in [6.07, 6.45) is 3.78. The van der Waals surface area contributed by atoms with E-state index in [0.717, 1.165) is 29.8 Å². The molecule has 2 heterocycles. The van der Waals surface area contributed by atoms with Crippen LogP contribution in [-0.2, 0) is 9.47 Å². The fraction of sp³-hybridized carbons (Fsp3) is 0.529. The molecule has 2 atom stereocenters. The Balaban J connectivity index is 1.56. The molecule has 0 saturated carbocycles. The van der Waals surface area contributed by atoms with E-state index in [1.54, 1.807) is 0 Å². The molecule has 2 unspecified atom stereocenters. The first-order valence-electron chi connectivity index (χ1n) is 7.72. The predicted octanol–water partition coefficient (Wildman–Crippen LogP) is 3.28. The van der Waals surface area contributed by atoms with E-state index in [0.29, 0.717) is 13.2 Å². The van der Waals surface area contributed by atoms with E-state index in [4.69, 9.17) is 13.9 Å². The van der Waals surface area contributed by atoms with Crippen LogP contribution in [-0.4, -0.2) is 33.0 Å². The van der Waals surface area contributed by atoms with E-state index in [1.165, 1.54) is 12.8 Å². The van der Waals surface area contributed by atoms with Gasteiger partial charge in [0.25, 0.3) is 0 Å². The van der Waals surface area contributed by atoms with Gasteiger partial charge in [-0.2, -0.15) is 0 Å². The van der Waals surface area contributed by atoms with Crippen molar-refractivity contribution < 1.29 is 13.9 Å². The van der Waals surface area contributed by atoms with E-state index in [1.807, 2.05) is 25.2 Å². The van der Waals surface area contributed by atoms with E-state index in [2.05, 4.69) is 17.4 Å². The molecule has 4 heteroatoms. The van der Waals surface area contributed by atoms with E-state index < -0.39 is 0 Å². The minimum Gasteiger partial charge on any atom is -0.459 e. The second-order valence-corrected chi connectivity index (χ2v) is 5.55. The second kappa shape index (κ2) is 7.07. The van der Waals surface area contributed by atoms with Gasteiger partial charge >= 0.3 is 0 Å². The Morgan fingerprint density at radius 1 is 1.33 bits per heavy atom. The van der Waals surface area contributed by atoms with Crippen LogP contribution in [0.2, 0.25) is 0 Å². The summed E-state index contributed by atoms with van der Waals surface area (Å²) < 4.78 is 17.4. The first-order chi connectivity index (χ1) is 10.4. The number of hydrogen-bond acceptors (Lipinski definition) is 4. The molecule has 0 radical (unpaired) electrons. The van der Waals surface area contributed by atoms with E-state index in [-0.39, 0.29) is 12.1 Å². The number of benzene rings is 1. The van der Waals surface area contributed by atoms with Crippen molar-refractivity contribution in [3.8, 4) is 0 Å². The van der Waals surface area contributed by atoms with Gasteiger partial charge in [-0.1, -0.05) is 18.2 Å². The number of fused-ring (bicyclic) bond motifs is 1. The maximum atomic E-state index is 5.89. The summed E-state index contributed by atoms with van der Waals surface area (Å²) >= 11 is 0. The van der Waals surface area contributed by atoms with Crippen molar-refractivity contribution in [1.29, 1.82) is 0 Å². The zero-order valence-corrected chi connectivity index (χ0v) is 12.5. The maximum Gasteiger partial charge on any atom is 0.134 e. The summed E-state index contributed by atoms with van der Waals surface area (Å²) in [4.78, 5) is 0. The summed E-state index contributed by atoms with van der Waals surface area (Å²) in [5.74, 6) is 0.920. The fourth-order valence-electron chi connectivity index (χ4n) is 2.74. The lowest BCUT2D eigenvalue weighted by molar-refractivity contribution is -0.0447. The summed E-state index contributed by atoms with van der Waals surface area (Å²) in [5, 5.41) is 4.39. The Morgan fingerprint density at radius 3 is 3.00 bits per heavy atom. The fourth-order valence-corrected chi connectivity index (χ4v) is 2.74. The van der Waals surface area contributed by atoms with Gasteiger partial charge in [0.15, 0.2) is 0 Å². The average Bonchev–Trinajstić information content (AvgIpc) is 2.96.